The Bertz CT molecular complexity index is 559. The fraction of sp³-hybridized carbons (Fsp3) is 0.357. The highest BCUT2D eigenvalue weighted by Gasteiger charge is 2.14. The predicted octanol–water partition coefficient (Wildman–Crippen LogP) is 2.27. The molecule has 5 heteroatoms. The summed E-state index contributed by atoms with van der Waals surface area (Å²) in [6, 6.07) is 7.93. The summed E-state index contributed by atoms with van der Waals surface area (Å²) in [7, 11) is 1.64. The fourth-order valence-electron chi connectivity index (χ4n) is 1.94. The molecule has 1 aromatic heterocycles. The quantitative estimate of drug-likeness (QED) is 0.773. The van der Waals surface area contributed by atoms with E-state index in [2.05, 4.69) is 10.3 Å². The number of ether oxygens (including phenoxy) is 1. The third kappa shape index (κ3) is 2.81. The van der Waals surface area contributed by atoms with E-state index in [1.54, 1.807) is 11.8 Å². The fourth-order valence-corrected chi connectivity index (χ4v) is 1.94. The Morgan fingerprint density at radius 1 is 1.32 bits per heavy atom. The molecule has 5 nitrogen and oxygen atoms in total. The van der Waals surface area contributed by atoms with Gasteiger partial charge in [-0.3, -0.25) is 4.79 Å². The molecule has 1 heterocycles. The predicted molar refractivity (Wildman–Crippen MR) is 71.6 cm³/mol. The van der Waals surface area contributed by atoms with Crippen molar-refractivity contribution < 1.29 is 9.53 Å². The van der Waals surface area contributed by atoms with Gasteiger partial charge in [-0.05, 0) is 31.5 Å². The zero-order valence-electron chi connectivity index (χ0n) is 11.3. The van der Waals surface area contributed by atoms with Crippen LogP contribution >= 0.6 is 0 Å². The van der Waals surface area contributed by atoms with Gasteiger partial charge in [0.25, 0.3) is 0 Å². The molecule has 0 atom stereocenters. The number of hydrogen-bond donors (Lipinski definition) is 0. The van der Waals surface area contributed by atoms with E-state index in [1.165, 1.54) is 0 Å². The Balaban J connectivity index is 2.30. The first-order valence-electron chi connectivity index (χ1n) is 6.18. The normalized spacial score (nSPS) is 10.7. The lowest BCUT2D eigenvalue weighted by molar-refractivity contribution is 0.111. The molecule has 0 fully saturated rings. The molecule has 100 valence electrons. The maximum atomic E-state index is 11.0. The van der Waals surface area contributed by atoms with Gasteiger partial charge in [0.2, 0.25) is 0 Å². The molecule has 0 unspecified atom stereocenters. The van der Waals surface area contributed by atoms with Crippen molar-refractivity contribution in [3.8, 4) is 5.75 Å². The highest BCUT2D eigenvalue weighted by Crippen LogP contribution is 2.18. The lowest BCUT2D eigenvalue weighted by Crippen LogP contribution is -2.09. The van der Waals surface area contributed by atoms with Crippen LogP contribution in [0.5, 0.6) is 5.75 Å². The number of hydrogen-bond acceptors (Lipinski definition) is 4. The average Bonchev–Trinajstić information content (AvgIpc) is 2.82. The van der Waals surface area contributed by atoms with Gasteiger partial charge in [0, 0.05) is 12.5 Å². The topological polar surface area (TPSA) is 57.0 Å². The van der Waals surface area contributed by atoms with Crippen molar-refractivity contribution in [1.29, 1.82) is 0 Å². The monoisotopic (exact) mass is 259 g/mol. The summed E-state index contributed by atoms with van der Waals surface area (Å²) >= 11 is 0. The van der Waals surface area contributed by atoms with Gasteiger partial charge < -0.3 is 4.74 Å². The van der Waals surface area contributed by atoms with Gasteiger partial charge in [0.1, 0.15) is 11.4 Å². The summed E-state index contributed by atoms with van der Waals surface area (Å²) in [4.78, 5) is 11.0. The molecule has 0 aliphatic carbocycles. The number of carbonyl (C=O) groups excluding carboxylic acids is 1. The minimum atomic E-state index is 0.175. The van der Waals surface area contributed by atoms with Crippen LogP contribution in [0.3, 0.4) is 0 Å². The second-order valence-electron chi connectivity index (χ2n) is 4.60. The van der Waals surface area contributed by atoms with Crippen molar-refractivity contribution in [2.75, 3.05) is 7.11 Å². The molecule has 0 bridgehead atoms. The third-order valence-electron chi connectivity index (χ3n) is 2.95. The first-order chi connectivity index (χ1) is 9.15. The van der Waals surface area contributed by atoms with Crippen LogP contribution in [0, 0.1) is 0 Å². The third-order valence-corrected chi connectivity index (χ3v) is 2.95. The summed E-state index contributed by atoms with van der Waals surface area (Å²) in [5, 5.41) is 7.93. The summed E-state index contributed by atoms with van der Waals surface area (Å²) in [6.07, 6.45) is 1.38. The molecule has 2 rings (SSSR count). The highest BCUT2D eigenvalue weighted by molar-refractivity contribution is 5.73. The molecule has 0 N–H and O–H groups in total. The molecule has 0 saturated carbocycles. The number of carbonyl (C=O) groups is 1. The number of rotatable bonds is 5. The lowest BCUT2D eigenvalue weighted by atomic mass is 10.1. The molecular weight excluding hydrogens is 242 g/mol. The van der Waals surface area contributed by atoms with Crippen molar-refractivity contribution in [2.45, 2.75) is 26.3 Å². The Kier molecular flexibility index (Phi) is 3.94. The van der Waals surface area contributed by atoms with Crippen LogP contribution in [-0.4, -0.2) is 28.4 Å². The van der Waals surface area contributed by atoms with Crippen molar-refractivity contribution in [3.63, 3.8) is 0 Å². The summed E-state index contributed by atoms with van der Waals surface area (Å²) in [6.45, 7) is 4.03. The van der Waals surface area contributed by atoms with Gasteiger partial charge in [-0.1, -0.05) is 17.3 Å². The smallest absolute Gasteiger partial charge is 0.172 e. The number of benzene rings is 1. The Hall–Kier alpha value is -2.17. The van der Waals surface area contributed by atoms with Gasteiger partial charge in [0.05, 0.1) is 12.8 Å². The van der Waals surface area contributed by atoms with Gasteiger partial charge >= 0.3 is 0 Å². The molecule has 2 aromatic rings. The minimum absolute atomic E-state index is 0.175. The molecule has 0 aliphatic rings. The van der Waals surface area contributed by atoms with E-state index < -0.39 is 0 Å². The van der Waals surface area contributed by atoms with Crippen LogP contribution in [-0.2, 0) is 6.42 Å². The Morgan fingerprint density at radius 3 is 2.53 bits per heavy atom. The molecule has 0 spiro atoms. The first kappa shape index (κ1) is 13.3. The van der Waals surface area contributed by atoms with E-state index in [4.69, 9.17) is 4.74 Å². The van der Waals surface area contributed by atoms with Gasteiger partial charge in [-0.25, -0.2) is 4.68 Å². The van der Waals surface area contributed by atoms with E-state index in [1.807, 2.05) is 38.1 Å². The van der Waals surface area contributed by atoms with Gasteiger partial charge in [-0.2, -0.15) is 0 Å². The lowest BCUT2D eigenvalue weighted by Gasteiger charge is -2.10. The zero-order chi connectivity index (χ0) is 13.8. The van der Waals surface area contributed by atoms with Gasteiger partial charge in [-0.15, -0.1) is 5.10 Å². The zero-order valence-corrected chi connectivity index (χ0v) is 11.3. The number of aldehydes is 1. The Morgan fingerprint density at radius 2 is 2.00 bits per heavy atom. The summed E-state index contributed by atoms with van der Waals surface area (Å²) in [5.41, 5.74) is 2.34. The Labute approximate surface area is 112 Å². The second kappa shape index (κ2) is 5.65. The molecule has 0 radical (unpaired) electrons. The minimum Gasteiger partial charge on any atom is -0.497 e. The van der Waals surface area contributed by atoms with Crippen LogP contribution < -0.4 is 4.74 Å². The maximum absolute atomic E-state index is 11.0. The van der Waals surface area contributed by atoms with E-state index >= 15 is 0 Å². The van der Waals surface area contributed by atoms with Crippen molar-refractivity contribution in [3.05, 3.63) is 41.2 Å². The molecule has 0 amide bonds. The summed E-state index contributed by atoms with van der Waals surface area (Å²) < 4.78 is 6.91. The molecule has 1 aromatic carbocycles. The largest absolute Gasteiger partial charge is 0.497 e. The molecule has 0 aliphatic heterocycles. The van der Waals surface area contributed by atoms with Crippen molar-refractivity contribution in [2.24, 2.45) is 0 Å². The molecular formula is C14H17N3O2. The van der Waals surface area contributed by atoms with E-state index in [0.29, 0.717) is 12.1 Å². The number of methoxy groups -OCH3 is 1. The maximum Gasteiger partial charge on any atom is 0.172 e. The summed E-state index contributed by atoms with van der Waals surface area (Å²) in [5.74, 6) is 0.815. The molecule has 19 heavy (non-hydrogen) atoms. The highest BCUT2D eigenvalue weighted by atomic mass is 16.5. The van der Waals surface area contributed by atoms with Crippen LogP contribution in [0.1, 0.15) is 41.6 Å². The van der Waals surface area contributed by atoms with Gasteiger partial charge in [0.15, 0.2) is 6.29 Å². The van der Waals surface area contributed by atoms with Crippen molar-refractivity contribution in [1.82, 2.24) is 15.0 Å². The number of nitrogens with zero attached hydrogens (tertiary/aromatic N) is 3. The van der Waals surface area contributed by atoms with Crippen LogP contribution in [0.15, 0.2) is 24.3 Å². The van der Waals surface area contributed by atoms with E-state index in [-0.39, 0.29) is 6.04 Å². The van der Waals surface area contributed by atoms with Crippen LogP contribution in [0.25, 0.3) is 0 Å². The SMILES string of the molecule is COc1ccc(Cc2c(C=O)nnn2C(C)C)cc1. The molecule has 0 saturated heterocycles. The van der Waals surface area contributed by atoms with E-state index in [0.717, 1.165) is 23.3 Å². The first-order valence-corrected chi connectivity index (χ1v) is 6.18. The second-order valence-corrected chi connectivity index (χ2v) is 4.60. The average molecular weight is 259 g/mol. The van der Waals surface area contributed by atoms with Crippen molar-refractivity contribution >= 4 is 6.29 Å². The van der Waals surface area contributed by atoms with Crippen LogP contribution in [0.4, 0.5) is 0 Å². The van der Waals surface area contributed by atoms with Crippen LogP contribution in [0.2, 0.25) is 0 Å². The number of aromatic nitrogens is 3. The van der Waals surface area contributed by atoms with E-state index in [9.17, 15) is 4.79 Å². The standard InChI is InChI=1S/C14H17N3O2/c1-10(2)17-14(13(9-18)15-16-17)8-11-4-6-12(19-3)7-5-11/h4-7,9-10H,8H2,1-3H3.